The molecular weight excluding hydrogens is 424 g/mol. The van der Waals surface area contributed by atoms with Gasteiger partial charge in [0.1, 0.15) is 18.1 Å². The highest BCUT2D eigenvalue weighted by molar-refractivity contribution is 5.94. The Labute approximate surface area is 199 Å². The van der Waals surface area contributed by atoms with E-state index >= 15 is 0 Å². The molecule has 0 aromatic heterocycles. The van der Waals surface area contributed by atoms with Crippen LogP contribution in [0.15, 0.2) is 0 Å². The van der Waals surface area contributed by atoms with Crippen molar-refractivity contribution in [1.82, 2.24) is 16.0 Å². The van der Waals surface area contributed by atoms with E-state index in [4.69, 9.17) is 5.73 Å². The lowest BCUT2D eigenvalue weighted by Gasteiger charge is -2.31. The van der Waals surface area contributed by atoms with Crippen LogP contribution in [0.1, 0.15) is 81.1 Å². The summed E-state index contributed by atoms with van der Waals surface area (Å²) in [4.78, 5) is 50.6. The van der Waals surface area contributed by atoms with E-state index in [1.54, 1.807) is 6.92 Å². The number of hydrogen-bond donors (Lipinski definition) is 5. The van der Waals surface area contributed by atoms with Gasteiger partial charge in [0.2, 0.25) is 17.7 Å². The summed E-state index contributed by atoms with van der Waals surface area (Å²) >= 11 is 0. The van der Waals surface area contributed by atoms with E-state index in [1.807, 2.05) is 48.5 Å². The van der Waals surface area contributed by atoms with Gasteiger partial charge in [0.15, 0.2) is 0 Å². The average Bonchev–Trinajstić information content (AvgIpc) is 2.80. The molecule has 0 radical (unpaired) electrons. The number of nitrogens with one attached hydrogen (secondary N) is 3. The minimum atomic E-state index is -1.12. The maximum absolute atomic E-state index is 13.2. The molecule has 8 atom stereocenters. The van der Waals surface area contributed by atoms with Gasteiger partial charge in [-0.1, -0.05) is 81.1 Å². The van der Waals surface area contributed by atoms with E-state index in [1.165, 1.54) is 0 Å². The summed E-state index contributed by atoms with van der Waals surface area (Å²) in [5.41, 5.74) is 6.04. The molecular formula is C24H46N4O5. The maximum atomic E-state index is 13.2. The van der Waals surface area contributed by atoms with Crippen LogP contribution in [0.5, 0.6) is 0 Å². The Kier molecular flexibility index (Phi) is 13.9. The predicted octanol–water partition coefficient (Wildman–Crippen LogP) is 2.04. The lowest BCUT2D eigenvalue weighted by atomic mass is 9.93. The van der Waals surface area contributed by atoms with Gasteiger partial charge in [0.05, 0.1) is 6.04 Å². The Bertz CT molecular complexity index is 657. The highest BCUT2D eigenvalue weighted by atomic mass is 16.4. The van der Waals surface area contributed by atoms with Gasteiger partial charge in [0.25, 0.3) is 0 Å². The standard InChI is InChI=1S/C24H46N4O5/c1-9-13(5)17(25)21(29)26-18(14(6)10-2)22(30)27-19(15(7)11-3)23(31)28-20(24(32)33)16(8)12-4/h13-20H,9-12,25H2,1-8H3,(H,26,29)(H,27,30)(H,28,31)(H,32,33). The van der Waals surface area contributed by atoms with Crippen molar-refractivity contribution in [2.45, 2.75) is 105 Å². The predicted molar refractivity (Wildman–Crippen MR) is 129 cm³/mol. The van der Waals surface area contributed by atoms with E-state index in [0.29, 0.717) is 19.3 Å². The third kappa shape index (κ3) is 9.31. The Morgan fingerprint density at radius 1 is 0.606 bits per heavy atom. The summed E-state index contributed by atoms with van der Waals surface area (Å²) in [7, 11) is 0. The third-order valence-electron chi connectivity index (χ3n) is 6.92. The van der Waals surface area contributed by atoms with E-state index < -0.39 is 47.9 Å². The SMILES string of the molecule is CCC(C)C(N)C(=O)NC(C(=O)NC(C(=O)NC(C(=O)O)C(C)CC)C(C)CC)C(C)CC. The average molecular weight is 471 g/mol. The highest BCUT2D eigenvalue weighted by Gasteiger charge is 2.35. The molecule has 0 rings (SSSR count). The van der Waals surface area contributed by atoms with Crippen molar-refractivity contribution in [2.24, 2.45) is 29.4 Å². The molecule has 0 fully saturated rings. The lowest BCUT2D eigenvalue weighted by molar-refractivity contribution is -0.144. The number of aliphatic carboxylic acids is 1. The quantitative estimate of drug-likeness (QED) is 0.247. The van der Waals surface area contributed by atoms with Gasteiger partial charge in [-0.3, -0.25) is 14.4 Å². The van der Waals surface area contributed by atoms with Crippen molar-refractivity contribution in [2.75, 3.05) is 0 Å². The van der Waals surface area contributed by atoms with Crippen LogP contribution < -0.4 is 21.7 Å². The van der Waals surface area contributed by atoms with Gasteiger partial charge in [-0.15, -0.1) is 0 Å². The molecule has 0 heterocycles. The van der Waals surface area contributed by atoms with Crippen LogP contribution in [-0.2, 0) is 19.2 Å². The second-order valence-electron chi connectivity index (χ2n) is 9.36. The van der Waals surface area contributed by atoms with Gasteiger partial charge < -0.3 is 26.8 Å². The van der Waals surface area contributed by atoms with Gasteiger partial charge in [-0.05, 0) is 23.7 Å². The maximum Gasteiger partial charge on any atom is 0.326 e. The fraction of sp³-hybridized carbons (Fsp3) is 0.833. The number of carboxylic acids is 1. The van der Waals surface area contributed by atoms with Crippen LogP contribution in [0.25, 0.3) is 0 Å². The van der Waals surface area contributed by atoms with Crippen LogP contribution in [0.2, 0.25) is 0 Å². The first-order valence-corrected chi connectivity index (χ1v) is 12.2. The molecule has 192 valence electrons. The molecule has 6 N–H and O–H groups in total. The number of carbonyl (C=O) groups excluding carboxylic acids is 3. The summed E-state index contributed by atoms with van der Waals surface area (Å²) in [6, 6.07) is -3.58. The number of carbonyl (C=O) groups is 4. The zero-order chi connectivity index (χ0) is 25.9. The first-order chi connectivity index (χ1) is 15.4. The molecule has 0 aliphatic carbocycles. The van der Waals surface area contributed by atoms with Crippen LogP contribution in [0.4, 0.5) is 0 Å². The second kappa shape index (κ2) is 14.9. The van der Waals surface area contributed by atoms with E-state index in [0.717, 1.165) is 6.42 Å². The Balaban J connectivity index is 5.69. The van der Waals surface area contributed by atoms with E-state index in [-0.39, 0.29) is 23.7 Å². The topological polar surface area (TPSA) is 151 Å². The number of amides is 3. The Morgan fingerprint density at radius 2 is 0.909 bits per heavy atom. The molecule has 0 aliphatic rings. The fourth-order valence-electron chi connectivity index (χ4n) is 3.33. The number of carboxylic acid groups (broad SMARTS) is 1. The molecule has 0 aliphatic heterocycles. The molecule has 0 aromatic carbocycles. The molecule has 3 amide bonds. The third-order valence-corrected chi connectivity index (χ3v) is 6.92. The van der Waals surface area contributed by atoms with Crippen molar-refractivity contribution in [3.63, 3.8) is 0 Å². The van der Waals surface area contributed by atoms with Crippen LogP contribution in [0, 0.1) is 23.7 Å². The van der Waals surface area contributed by atoms with Crippen LogP contribution >= 0.6 is 0 Å². The van der Waals surface area contributed by atoms with Crippen LogP contribution in [-0.4, -0.2) is 53.0 Å². The molecule has 33 heavy (non-hydrogen) atoms. The summed E-state index contributed by atoms with van der Waals surface area (Å²) < 4.78 is 0. The number of nitrogens with two attached hydrogens (primary N) is 1. The van der Waals surface area contributed by atoms with E-state index in [2.05, 4.69) is 16.0 Å². The monoisotopic (exact) mass is 470 g/mol. The lowest BCUT2D eigenvalue weighted by Crippen LogP contribution is -2.60. The zero-order valence-electron chi connectivity index (χ0n) is 21.6. The minimum Gasteiger partial charge on any atom is -0.480 e. The highest BCUT2D eigenvalue weighted by Crippen LogP contribution is 2.15. The second-order valence-corrected chi connectivity index (χ2v) is 9.36. The number of rotatable bonds is 15. The van der Waals surface area contributed by atoms with Crippen molar-refractivity contribution >= 4 is 23.7 Å². The van der Waals surface area contributed by atoms with Crippen molar-refractivity contribution < 1.29 is 24.3 Å². The summed E-state index contributed by atoms with van der Waals surface area (Å²) in [5, 5.41) is 17.7. The smallest absolute Gasteiger partial charge is 0.326 e. The first kappa shape index (κ1) is 30.8. The Hall–Kier alpha value is -2.16. The molecule has 0 saturated carbocycles. The largest absolute Gasteiger partial charge is 0.480 e. The molecule has 9 heteroatoms. The summed E-state index contributed by atoms with van der Waals surface area (Å²) in [5.74, 6) is -3.29. The summed E-state index contributed by atoms with van der Waals surface area (Å²) in [6.07, 6.45) is 2.53. The molecule has 0 saturated heterocycles. The van der Waals surface area contributed by atoms with E-state index in [9.17, 15) is 24.3 Å². The van der Waals surface area contributed by atoms with Gasteiger partial charge in [-0.25, -0.2) is 4.79 Å². The van der Waals surface area contributed by atoms with Gasteiger partial charge >= 0.3 is 5.97 Å². The molecule has 0 bridgehead atoms. The van der Waals surface area contributed by atoms with Crippen LogP contribution in [0.3, 0.4) is 0 Å². The fourth-order valence-corrected chi connectivity index (χ4v) is 3.33. The normalized spacial score (nSPS) is 18.6. The zero-order valence-corrected chi connectivity index (χ0v) is 21.6. The van der Waals surface area contributed by atoms with Crippen molar-refractivity contribution in [3.8, 4) is 0 Å². The van der Waals surface area contributed by atoms with Gasteiger partial charge in [-0.2, -0.15) is 0 Å². The molecule has 0 spiro atoms. The van der Waals surface area contributed by atoms with Crippen molar-refractivity contribution in [1.29, 1.82) is 0 Å². The molecule has 8 unspecified atom stereocenters. The van der Waals surface area contributed by atoms with Crippen molar-refractivity contribution in [3.05, 3.63) is 0 Å². The summed E-state index contributed by atoms with van der Waals surface area (Å²) in [6.45, 7) is 14.9. The molecule has 9 nitrogen and oxygen atoms in total. The first-order valence-electron chi connectivity index (χ1n) is 12.2. The number of hydrogen-bond acceptors (Lipinski definition) is 5. The van der Waals surface area contributed by atoms with Gasteiger partial charge in [0, 0.05) is 0 Å². The minimum absolute atomic E-state index is 0.0437. The molecule has 0 aromatic rings. The Morgan fingerprint density at radius 3 is 1.24 bits per heavy atom.